The number of halogens is 2. The maximum absolute atomic E-state index is 11.9. The number of thiazole rings is 1. The molecule has 20 heavy (non-hydrogen) atoms. The number of carbonyl (C=O) groups excluding carboxylic acids is 1. The zero-order valence-electron chi connectivity index (χ0n) is 10.6. The number of nitrogens with one attached hydrogen (secondary N) is 1. The molecule has 0 saturated heterocycles. The van der Waals surface area contributed by atoms with Crippen molar-refractivity contribution >= 4 is 40.4 Å². The molecular formula is C13H12Cl2N2O2S. The molecule has 0 fully saturated rings. The highest BCUT2D eigenvalue weighted by Gasteiger charge is 2.18. The van der Waals surface area contributed by atoms with Gasteiger partial charge in [0.05, 0.1) is 17.7 Å². The quantitative estimate of drug-likeness (QED) is 0.905. The number of nitrogens with zero attached hydrogens (tertiary/aromatic N) is 1. The summed E-state index contributed by atoms with van der Waals surface area (Å²) in [6.07, 6.45) is -1.31. The van der Waals surface area contributed by atoms with Gasteiger partial charge in [0, 0.05) is 14.9 Å². The highest BCUT2D eigenvalue weighted by Crippen LogP contribution is 2.23. The Morgan fingerprint density at radius 3 is 2.60 bits per heavy atom. The van der Waals surface area contributed by atoms with E-state index >= 15 is 0 Å². The minimum atomic E-state index is -1.31. The van der Waals surface area contributed by atoms with Crippen LogP contribution >= 0.6 is 34.5 Å². The van der Waals surface area contributed by atoms with Crippen molar-refractivity contribution in [1.29, 1.82) is 0 Å². The number of hydrogen-bond acceptors (Lipinski definition) is 4. The summed E-state index contributed by atoms with van der Waals surface area (Å²) < 4.78 is 0. The molecule has 1 atom stereocenters. The van der Waals surface area contributed by atoms with Crippen LogP contribution in [0, 0.1) is 6.92 Å². The molecule has 1 aromatic heterocycles. The zero-order chi connectivity index (χ0) is 14.7. The van der Waals surface area contributed by atoms with Gasteiger partial charge in [-0.1, -0.05) is 23.2 Å². The van der Waals surface area contributed by atoms with Crippen molar-refractivity contribution in [2.45, 2.75) is 19.6 Å². The topological polar surface area (TPSA) is 62.2 Å². The Hall–Kier alpha value is -1.14. The molecule has 0 aliphatic carbocycles. The molecule has 0 spiro atoms. The molecule has 2 N–H and O–H groups in total. The van der Waals surface area contributed by atoms with Crippen LogP contribution in [0.3, 0.4) is 0 Å². The van der Waals surface area contributed by atoms with E-state index in [2.05, 4.69) is 10.3 Å². The Morgan fingerprint density at radius 2 is 2.05 bits per heavy atom. The molecule has 1 heterocycles. The standard InChI is InChI=1S/C13H12Cl2N2O2S/c1-7-11(20-6-17-7)5-16-13(19)12(18)8-2-9(14)4-10(15)3-8/h2-4,6,12,18H,5H2,1H3,(H,16,19). The predicted molar refractivity (Wildman–Crippen MR) is 80.1 cm³/mol. The number of aliphatic hydroxyl groups excluding tert-OH is 1. The van der Waals surface area contributed by atoms with Crippen LogP contribution in [0.15, 0.2) is 23.7 Å². The highest BCUT2D eigenvalue weighted by atomic mass is 35.5. The van der Waals surface area contributed by atoms with E-state index < -0.39 is 12.0 Å². The lowest BCUT2D eigenvalue weighted by Crippen LogP contribution is -2.28. The van der Waals surface area contributed by atoms with Crippen molar-refractivity contribution in [3.63, 3.8) is 0 Å². The van der Waals surface area contributed by atoms with Gasteiger partial charge in [0.2, 0.25) is 0 Å². The van der Waals surface area contributed by atoms with E-state index in [1.165, 1.54) is 29.5 Å². The maximum Gasteiger partial charge on any atom is 0.253 e. The summed E-state index contributed by atoms with van der Waals surface area (Å²) in [5.74, 6) is -0.504. The van der Waals surface area contributed by atoms with Crippen molar-refractivity contribution in [2.75, 3.05) is 0 Å². The van der Waals surface area contributed by atoms with E-state index in [9.17, 15) is 9.90 Å². The van der Waals surface area contributed by atoms with Crippen LogP contribution in [0.4, 0.5) is 0 Å². The molecule has 1 aromatic carbocycles. The van der Waals surface area contributed by atoms with Gasteiger partial charge in [0.25, 0.3) is 5.91 Å². The number of hydrogen-bond donors (Lipinski definition) is 2. The fraction of sp³-hybridized carbons (Fsp3) is 0.231. The second kappa shape index (κ2) is 6.54. The van der Waals surface area contributed by atoms with E-state index in [1.54, 1.807) is 5.51 Å². The average molecular weight is 331 g/mol. The smallest absolute Gasteiger partial charge is 0.253 e. The fourth-order valence-electron chi connectivity index (χ4n) is 1.64. The number of aromatic nitrogens is 1. The first-order valence-electron chi connectivity index (χ1n) is 5.78. The number of aliphatic hydroxyl groups is 1. The van der Waals surface area contributed by atoms with Gasteiger partial charge in [-0.3, -0.25) is 4.79 Å². The van der Waals surface area contributed by atoms with E-state index in [1.807, 2.05) is 6.92 Å². The van der Waals surface area contributed by atoms with E-state index in [0.717, 1.165) is 10.6 Å². The molecule has 0 bridgehead atoms. The van der Waals surface area contributed by atoms with Crippen LogP contribution in [0.5, 0.6) is 0 Å². The Kier molecular flexibility index (Phi) is 4.99. The van der Waals surface area contributed by atoms with Gasteiger partial charge in [0.15, 0.2) is 6.10 Å². The van der Waals surface area contributed by atoms with Crippen LogP contribution in [0.25, 0.3) is 0 Å². The molecule has 4 nitrogen and oxygen atoms in total. The van der Waals surface area contributed by atoms with Crippen molar-refractivity contribution < 1.29 is 9.90 Å². The SMILES string of the molecule is Cc1ncsc1CNC(=O)C(O)c1cc(Cl)cc(Cl)c1. The number of benzene rings is 1. The Labute approximate surface area is 130 Å². The number of aryl methyl sites for hydroxylation is 1. The number of rotatable bonds is 4. The van der Waals surface area contributed by atoms with Gasteiger partial charge >= 0.3 is 0 Å². The molecule has 0 aliphatic rings. The second-order valence-electron chi connectivity index (χ2n) is 4.18. The third kappa shape index (κ3) is 3.70. The molecular weight excluding hydrogens is 319 g/mol. The minimum absolute atomic E-state index is 0.334. The lowest BCUT2D eigenvalue weighted by molar-refractivity contribution is -0.129. The van der Waals surface area contributed by atoms with Gasteiger partial charge in [0.1, 0.15) is 0 Å². The normalized spacial score (nSPS) is 12.2. The van der Waals surface area contributed by atoms with Crippen molar-refractivity contribution in [3.05, 3.63) is 49.9 Å². The lowest BCUT2D eigenvalue weighted by atomic mass is 10.1. The molecule has 0 radical (unpaired) electrons. The molecule has 2 rings (SSSR count). The molecule has 1 amide bonds. The minimum Gasteiger partial charge on any atom is -0.378 e. The van der Waals surface area contributed by atoms with Crippen molar-refractivity contribution in [3.8, 4) is 0 Å². The van der Waals surface area contributed by atoms with Crippen molar-refractivity contribution in [1.82, 2.24) is 10.3 Å². The summed E-state index contributed by atoms with van der Waals surface area (Å²) in [5.41, 5.74) is 2.95. The molecule has 0 saturated carbocycles. The first kappa shape index (κ1) is 15.3. The number of carbonyl (C=O) groups is 1. The van der Waals surface area contributed by atoms with Gasteiger partial charge in [-0.25, -0.2) is 4.98 Å². The molecule has 7 heteroatoms. The first-order valence-corrected chi connectivity index (χ1v) is 7.41. The van der Waals surface area contributed by atoms with E-state index in [0.29, 0.717) is 22.2 Å². The van der Waals surface area contributed by atoms with E-state index in [4.69, 9.17) is 23.2 Å². The Balaban J connectivity index is 2.03. The molecule has 2 aromatic rings. The first-order chi connectivity index (χ1) is 9.47. The largest absolute Gasteiger partial charge is 0.378 e. The summed E-state index contributed by atoms with van der Waals surface area (Å²) in [4.78, 5) is 17.0. The Bertz CT molecular complexity index is 610. The van der Waals surface area contributed by atoms with Gasteiger partial charge in [-0.05, 0) is 30.7 Å². The van der Waals surface area contributed by atoms with Crippen LogP contribution in [0.2, 0.25) is 10.0 Å². The molecule has 0 aliphatic heterocycles. The van der Waals surface area contributed by atoms with Crippen LogP contribution in [0.1, 0.15) is 22.2 Å². The third-order valence-electron chi connectivity index (χ3n) is 2.72. The number of amides is 1. The predicted octanol–water partition coefficient (Wildman–Crippen LogP) is 3.11. The monoisotopic (exact) mass is 330 g/mol. The van der Waals surface area contributed by atoms with E-state index in [-0.39, 0.29) is 0 Å². The summed E-state index contributed by atoms with van der Waals surface area (Å²) >= 11 is 13.1. The summed E-state index contributed by atoms with van der Waals surface area (Å²) in [6.45, 7) is 2.20. The second-order valence-corrected chi connectivity index (χ2v) is 6.00. The van der Waals surface area contributed by atoms with Gasteiger partial charge < -0.3 is 10.4 Å². The molecule has 106 valence electrons. The maximum atomic E-state index is 11.9. The van der Waals surface area contributed by atoms with Crippen molar-refractivity contribution in [2.24, 2.45) is 0 Å². The fourth-order valence-corrected chi connectivity index (χ4v) is 2.90. The highest BCUT2D eigenvalue weighted by molar-refractivity contribution is 7.09. The third-order valence-corrected chi connectivity index (χ3v) is 4.09. The summed E-state index contributed by atoms with van der Waals surface area (Å²) in [5, 5.41) is 13.4. The van der Waals surface area contributed by atoms with Crippen LogP contribution in [-0.2, 0) is 11.3 Å². The zero-order valence-corrected chi connectivity index (χ0v) is 12.9. The Morgan fingerprint density at radius 1 is 1.40 bits per heavy atom. The summed E-state index contributed by atoms with van der Waals surface area (Å²) in [7, 11) is 0. The summed E-state index contributed by atoms with van der Waals surface area (Å²) in [6, 6.07) is 4.56. The van der Waals surface area contributed by atoms with Crippen LogP contribution < -0.4 is 5.32 Å². The lowest BCUT2D eigenvalue weighted by Gasteiger charge is -2.12. The van der Waals surface area contributed by atoms with Gasteiger partial charge in [-0.2, -0.15) is 0 Å². The average Bonchev–Trinajstić information content (AvgIpc) is 2.79. The van der Waals surface area contributed by atoms with Crippen LogP contribution in [-0.4, -0.2) is 16.0 Å². The molecule has 1 unspecified atom stereocenters. The van der Waals surface area contributed by atoms with Gasteiger partial charge in [-0.15, -0.1) is 11.3 Å².